The van der Waals surface area contributed by atoms with Crippen LogP contribution < -0.4 is 24.4 Å². The number of ether oxygens (including phenoxy) is 1. The Morgan fingerprint density at radius 1 is 1.07 bits per heavy atom. The molecule has 2 aliphatic rings. The molecule has 14 nitrogen and oxygen atoms in total. The van der Waals surface area contributed by atoms with Gasteiger partial charge < -0.3 is 25.0 Å². The number of amides is 2. The number of thioether (sulfide) groups is 3. The summed E-state index contributed by atoms with van der Waals surface area (Å²) in [6, 6.07) is 5.59. The third-order valence-corrected chi connectivity index (χ3v) is 11.1. The maximum atomic E-state index is 13.6. The maximum absolute atomic E-state index is 13.6. The fraction of sp³-hybridized carbons (Fsp3) is 0.222. The number of nitrogens with zero attached hydrogens (tertiary/aromatic N) is 4. The summed E-state index contributed by atoms with van der Waals surface area (Å²) in [5.74, 6) is -5.06. The van der Waals surface area contributed by atoms with E-state index in [9.17, 15) is 39.0 Å². The number of hydrogen-bond acceptors (Lipinski definition) is 13. The second-order valence-electron chi connectivity index (χ2n) is 9.19. The number of allylic oxidation sites excluding steroid dienone is 2. The molecule has 2 aromatic rings. The normalized spacial score (nSPS) is 17.2. The van der Waals surface area contributed by atoms with Crippen LogP contribution in [0, 0.1) is 0 Å². The van der Waals surface area contributed by atoms with Gasteiger partial charge in [-0.2, -0.15) is 0 Å². The van der Waals surface area contributed by atoms with Gasteiger partial charge in [0.05, 0.1) is 17.8 Å². The minimum Gasteiger partial charge on any atom is -0.497 e. The number of rotatable bonds is 11. The average molecular weight is 725 g/mol. The smallest absolute Gasteiger partial charge is 0.323 e. The summed E-state index contributed by atoms with van der Waals surface area (Å²) in [5.41, 5.74) is 0.0114. The standard InChI is InChI=1S/C27H24N4O10S5/c1-28-14-9-13(41-2)7-8-15(14)44-17(28)6-4-5-16(32)29(10-18(33)34)25(43-3)21-23(39)30(11-19(35)36)26(45-21)22-24(40)31(12-20(37)38)27(42)46-22/h4-9H,10-12H2,1-3H3,(H,33,34)(H,35,36)(H,37,38)/b5-4?,17-6-,25-21+,26-22+. The van der Waals surface area contributed by atoms with Crippen molar-refractivity contribution in [3.63, 3.8) is 0 Å². The van der Waals surface area contributed by atoms with E-state index in [0.29, 0.717) is 28.8 Å². The van der Waals surface area contributed by atoms with E-state index in [4.69, 9.17) is 22.1 Å². The molecule has 3 heterocycles. The van der Waals surface area contributed by atoms with Crippen molar-refractivity contribution in [3.05, 3.63) is 61.0 Å². The molecule has 1 aromatic carbocycles. The van der Waals surface area contributed by atoms with Gasteiger partial charge in [-0.3, -0.25) is 43.1 Å². The van der Waals surface area contributed by atoms with Gasteiger partial charge in [-0.25, -0.2) is 0 Å². The molecule has 3 N–H and O–H groups in total. The molecular weight excluding hydrogens is 701 g/mol. The third-order valence-electron chi connectivity index (χ3n) is 6.26. The van der Waals surface area contributed by atoms with Crippen LogP contribution in [0.15, 0.2) is 51.1 Å². The first-order chi connectivity index (χ1) is 21.8. The monoisotopic (exact) mass is 724 g/mol. The zero-order valence-electron chi connectivity index (χ0n) is 24.1. The highest BCUT2D eigenvalue weighted by Gasteiger charge is 2.36. The molecule has 19 heteroatoms. The van der Waals surface area contributed by atoms with Crippen LogP contribution in [0.4, 0.5) is 5.69 Å². The van der Waals surface area contributed by atoms with Crippen LogP contribution in [-0.4, -0.2) is 97.2 Å². The van der Waals surface area contributed by atoms with Crippen LogP contribution in [0.2, 0.25) is 0 Å². The summed E-state index contributed by atoms with van der Waals surface area (Å²) in [6.45, 7) is -2.44. The first-order valence-corrected chi connectivity index (χ1v) is 16.9. The number of fused-ring (bicyclic) bond motifs is 1. The molecule has 0 radical (unpaired) electrons. The molecule has 46 heavy (non-hydrogen) atoms. The van der Waals surface area contributed by atoms with Gasteiger partial charge >= 0.3 is 17.9 Å². The first-order valence-electron chi connectivity index (χ1n) is 12.8. The number of hydrogen-bond donors (Lipinski definition) is 3. The molecule has 4 rings (SSSR count). The van der Waals surface area contributed by atoms with Crippen molar-refractivity contribution in [1.82, 2.24) is 14.4 Å². The van der Waals surface area contributed by atoms with E-state index < -0.39 is 54.9 Å². The Hall–Kier alpha value is -4.04. The van der Waals surface area contributed by atoms with Gasteiger partial charge in [0.1, 0.15) is 48.8 Å². The lowest BCUT2D eigenvalue weighted by molar-refractivity contribution is -0.140. The minimum absolute atomic E-state index is 0.0852. The fourth-order valence-electron chi connectivity index (χ4n) is 4.22. The number of carbonyl (C=O) groups excluding carboxylic acids is 2. The van der Waals surface area contributed by atoms with Crippen molar-refractivity contribution in [3.8, 4) is 5.75 Å². The van der Waals surface area contributed by atoms with Crippen LogP contribution in [0.3, 0.4) is 0 Å². The molecule has 242 valence electrons. The van der Waals surface area contributed by atoms with E-state index in [1.165, 1.54) is 24.1 Å². The molecule has 1 fully saturated rings. The van der Waals surface area contributed by atoms with E-state index in [1.54, 1.807) is 13.2 Å². The number of carbonyl (C=O) groups is 5. The van der Waals surface area contributed by atoms with E-state index in [0.717, 1.165) is 47.8 Å². The molecule has 1 aromatic heterocycles. The largest absolute Gasteiger partial charge is 0.497 e. The Morgan fingerprint density at radius 2 is 1.76 bits per heavy atom. The second kappa shape index (κ2) is 14.6. The molecule has 0 aliphatic carbocycles. The van der Waals surface area contributed by atoms with Gasteiger partial charge in [-0.1, -0.05) is 41.8 Å². The Kier molecular flexibility index (Phi) is 11.0. The lowest BCUT2D eigenvalue weighted by Crippen LogP contribution is -2.40. The van der Waals surface area contributed by atoms with Gasteiger partial charge in [0, 0.05) is 24.1 Å². The Morgan fingerprint density at radius 3 is 2.37 bits per heavy atom. The number of benzene rings is 1. The summed E-state index contributed by atoms with van der Waals surface area (Å²) in [4.78, 5) is 79.2. The predicted octanol–water partition coefficient (Wildman–Crippen LogP) is 1.04. The van der Waals surface area contributed by atoms with Crippen molar-refractivity contribution in [2.75, 3.05) is 38.4 Å². The number of aromatic nitrogens is 1. The first kappa shape index (κ1) is 34.8. The van der Waals surface area contributed by atoms with E-state index in [-0.39, 0.29) is 23.4 Å². The van der Waals surface area contributed by atoms with E-state index in [2.05, 4.69) is 0 Å². The highest BCUT2D eigenvalue weighted by atomic mass is 32.2. The predicted molar refractivity (Wildman–Crippen MR) is 179 cm³/mol. The van der Waals surface area contributed by atoms with Crippen molar-refractivity contribution < 1.29 is 44.0 Å². The lowest BCUT2D eigenvalue weighted by Gasteiger charge is -2.20. The number of aliphatic carboxylic acids is 3. The summed E-state index contributed by atoms with van der Waals surface area (Å²) in [5, 5.41) is 29.0. The topological polar surface area (TPSA) is 187 Å². The van der Waals surface area contributed by atoms with E-state index in [1.807, 2.05) is 30.1 Å². The number of carboxylic acids is 3. The van der Waals surface area contributed by atoms with Crippen molar-refractivity contribution >= 4 is 109 Å². The molecule has 0 bridgehead atoms. The Bertz CT molecular complexity index is 1910. The van der Waals surface area contributed by atoms with Gasteiger partial charge in [0.2, 0.25) is 0 Å². The third kappa shape index (κ3) is 7.33. The molecule has 0 spiro atoms. The van der Waals surface area contributed by atoms with Gasteiger partial charge in [0.15, 0.2) is 0 Å². The van der Waals surface area contributed by atoms with Crippen LogP contribution >= 0.6 is 58.8 Å². The molecule has 0 unspecified atom stereocenters. The summed E-state index contributed by atoms with van der Waals surface area (Å²) in [6.07, 6.45) is 5.76. The summed E-state index contributed by atoms with van der Waals surface area (Å²) < 4.78 is 5.67. The number of thiazole rings is 1. The molecule has 0 saturated carbocycles. The number of methoxy groups -OCH3 is 1. The van der Waals surface area contributed by atoms with Gasteiger partial charge in [-0.05, 0) is 24.5 Å². The quantitative estimate of drug-likeness (QED) is 0.220. The fourth-order valence-corrected chi connectivity index (χ4v) is 8.79. The Balaban J connectivity index is 1.79. The SMILES string of the molecule is COc1ccc2c(c1)N(C)/C(=C/C=CC(=O)N(CC(=O)O)/C(SC)=c1\s/c(=C3/SC(=S)N(CC(=O)O)C3=O)n(CC(=O)O)c1=O)S2. The van der Waals surface area contributed by atoms with Crippen LogP contribution in [0.1, 0.15) is 0 Å². The highest BCUT2D eigenvalue weighted by molar-refractivity contribution is 8.30. The summed E-state index contributed by atoms with van der Waals surface area (Å²) in [7, 11) is 3.40. The van der Waals surface area contributed by atoms with Gasteiger partial charge in [0.25, 0.3) is 17.4 Å². The number of carboxylic acid groups (broad SMARTS) is 3. The van der Waals surface area contributed by atoms with Crippen molar-refractivity contribution in [1.29, 1.82) is 0 Å². The average Bonchev–Trinajstić information content (AvgIpc) is 3.58. The van der Waals surface area contributed by atoms with Gasteiger partial charge in [-0.15, -0.1) is 23.1 Å². The molecule has 0 atom stereocenters. The summed E-state index contributed by atoms with van der Waals surface area (Å²) >= 11 is 8.85. The molecule has 2 aliphatic heterocycles. The second-order valence-corrected chi connectivity index (χ2v) is 13.7. The van der Waals surface area contributed by atoms with Crippen LogP contribution in [0.25, 0.3) is 9.93 Å². The lowest BCUT2D eigenvalue weighted by atomic mass is 10.3. The maximum Gasteiger partial charge on any atom is 0.323 e. The molecule has 2 amide bonds. The minimum atomic E-state index is -1.41. The zero-order valence-corrected chi connectivity index (χ0v) is 28.2. The molecule has 1 saturated heterocycles. The zero-order chi connectivity index (χ0) is 33.9. The van der Waals surface area contributed by atoms with Crippen LogP contribution in [-0.2, 0) is 30.5 Å². The van der Waals surface area contributed by atoms with E-state index >= 15 is 0 Å². The Labute approximate surface area is 282 Å². The van der Waals surface area contributed by atoms with Crippen molar-refractivity contribution in [2.24, 2.45) is 0 Å². The number of anilines is 1. The number of thiocarbonyl (C=S) groups is 1. The van der Waals surface area contributed by atoms with Crippen molar-refractivity contribution in [2.45, 2.75) is 11.4 Å². The molecular formula is C27H24N4O10S5. The van der Waals surface area contributed by atoms with Crippen LogP contribution in [0.5, 0.6) is 5.75 Å². The highest BCUT2D eigenvalue weighted by Crippen LogP contribution is 2.46.